The molecule has 2 rings (SSSR count). The lowest BCUT2D eigenvalue weighted by atomic mass is 9.69. The molecule has 0 spiro atoms. The lowest BCUT2D eigenvalue weighted by molar-refractivity contribution is 0.134. The predicted octanol–water partition coefficient (Wildman–Crippen LogP) is 6.05. The van der Waals surface area contributed by atoms with Crippen molar-refractivity contribution in [3.63, 3.8) is 0 Å². The molecule has 0 aromatic carbocycles. The van der Waals surface area contributed by atoms with Gasteiger partial charge in [0.25, 0.3) is 0 Å². The molecule has 1 nitrogen and oxygen atoms in total. The highest BCUT2D eigenvalue weighted by Gasteiger charge is 2.32. The molecule has 1 N–H and O–H groups in total. The van der Waals surface area contributed by atoms with Crippen LogP contribution in [0.25, 0.3) is 0 Å². The molecule has 0 aliphatic heterocycles. The van der Waals surface area contributed by atoms with Gasteiger partial charge in [-0.3, -0.25) is 0 Å². The minimum Gasteiger partial charge on any atom is -0.307 e. The van der Waals surface area contributed by atoms with E-state index in [1.165, 1.54) is 37.0 Å². The van der Waals surface area contributed by atoms with E-state index >= 15 is 0 Å². The monoisotopic (exact) mass is 313 g/mol. The maximum atomic E-state index is 6.02. The maximum Gasteiger partial charge on any atom is 0.0931 e. The van der Waals surface area contributed by atoms with Gasteiger partial charge in [-0.25, -0.2) is 0 Å². The lowest BCUT2D eigenvalue weighted by Crippen LogP contribution is -2.37. The summed E-state index contributed by atoms with van der Waals surface area (Å²) in [4.78, 5) is 1.35. The second-order valence-corrected chi connectivity index (χ2v) is 8.67. The fourth-order valence-corrected chi connectivity index (χ4v) is 4.40. The number of thiophene rings is 1. The van der Waals surface area contributed by atoms with Crippen molar-refractivity contribution in [2.45, 2.75) is 71.9 Å². The van der Waals surface area contributed by atoms with Gasteiger partial charge in [-0.15, -0.1) is 11.3 Å². The third-order valence-electron chi connectivity index (χ3n) is 5.25. The molecule has 1 heterocycles. The van der Waals surface area contributed by atoms with Gasteiger partial charge in [-0.05, 0) is 56.1 Å². The first-order chi connectivity index (χ1) is 9.42. The Kier molecular flexibility index (Phi) is 5.56. The van der Waals surface area contributed by atoms with Crippen molar-refractivity contribution >= 4 is 22.9 Å². The zero-order chi connectivity index (χ0) is 14.8. The van der Waals surface area contributed by atoms with Crippen molar-refractivity contribution in [1.82, 2.24) is 5.32 Å². The smallest absolute Gasteiger partial charge is 0.0931 e. The highest BCUT2D eigenvalue weighted by Crippen LogP contribution is 2.40. The molecule has 1 atom stereocenters. The Morgan fingerprint density at radius 1 is 1.30 bits per heavy atom. The van der Waals surface area contributed by atoms with Crippen molar-refractivity contribution in [2.24, 2.45) is 11.3 Å². The molecule has 114 valence electrons. The second-order valence-electron chi connectivity index (χ2n) is 6.92. The Morgan fingerprint density at radius 3 is 2.45 bits per heavy atom. The van der Waals surface area contributed by atoms with Crippen LogP contribution in [0.3, 0.4) is 0 Å². The minimum atomic E-state index is 0.424. The fourth-order valence-electron chi connectivity index (χ4n) is 3.33. The molecule has 1 saturated carbocycles. The first kappa shape index (κ1) is 16.3. The Morgan fingerprint density at radius 2 is 1.95 bits per heavy atom. The maximum absolute atomic E-state index is 6.02. The highest BCUT2D eigenvalue weighted by molar-refractivity contribution is 7.16. The van der Waals surface area contributed by atoms with E-state index in [4.69, 9.17) is 11.6 Å². The van der Waals surface area contributed by atoms with Crippen molar-refractivity contribution in [3.8, 4) is 0 Å². The summed E-state index contributed by atoms with van der Waals surface area (Å²) in [5.74, 6) is 0.900. The molecular formula is C17H28ClNS. The van der Waals surface area contributed by atoms with E-state index in [9.17, 15) is 0 Å². The summed E-state index contributed by atoms with van der Waals surface area (Å²) in [6.07, 6.45) is 6.67. The van der Waals surface area contributed by atoms with Crippen LogP contribution >= 0.6 is 22.9 Å². The SMILES string of the molecule is CCC(C)(C)C1CCC(NC(C)c2ccc(Cl)s2)CC1. The third kappa shape index (κ3) is 3.99. The molecule has 3 heteroatoms. The highest BCUT2D eigenvalue weighted by atomic mass is 35.5. The molecule has 1 aliphatic rings. The average Bonchev–Trinajstić information content (AvgIpc) is 2.86. The van der Waals surface area contributed by atoms with Gasteiger partial charge in [-0.2, -0.15) is 0 Å². The predicted molar refractivity (Wildman–Crippen MR) is 90.7 cm³/mol. The van der Waals surface area contributed by atoms with E-state index in [0.29, 0.717) is 17.5 Å². The van der Waals surface area contributed by atoms with Crippen LogP contribution in [-0.2, 0) is 0 Å². The first-order valence-electron chi connectivity index (χ1n) is 7.93. The molecule has 1 aromatic heterocycles. The molecule has 1 aliphatic carbocycles. The zero-order valence-electron chi connectivity index (χ0n) is 13.2. The largest absolute Gasteiger partial charge is 0.307 e. The molecule has 0 amide bonds. The van der Waals surface area contributed by atoms with Gasteiger partial charge in [0.2, 0.25) is 0 Å². The Bertz CT molecular complexity index is 418. The van der Waals surface area contributed by atoms with Crippen molar-refractivity contribution < 1.29 is 0 Å². The van der Waals surface area contributed by atoms with Gasteiger partial charge < -0.3 is 5.32 Å². The van der Waals surface area contributed by atoms with E-state index in [2.05, 4.69) is 39.1 Å². The van der Waals surface area contributed by atoms with Gasteiger partial charge in [0.05, 0.1) is 4.34 Å². The van der Waals surface area contributed by atoms with Crippen LogP contribution in [0.5, 0.6) is 0 Å². The molecule has 20 heavy (non-hydrogen) atoms. The van der Waals surface area contributed by atoms with Gasteiger partial charge >= 0.3 is 0 Å². The molecular weight excluding hydrogens is 286 g/mol. The molecule has 0 saturated heterocycles. The number of halogens is 1. The van der Waals surface area contributed by atoms with E-state index in [1.54, 1.807) is 11.3 Å². The topological polar surface area (TPSA) is 12.0 Å². The van der Waals surface area contributed by atoms with Crippen molar-refractivity contribution in [2.75, 3.05) is 0 Å². The van der Waals surface area contributed by atoms with Crippen LogP contribution in [0.1, 0.15) is 70.7 Å². The number of hydrogen-bond acceptors (Lipinski definition) is 2. The van der Waals surface area contributed by atoms with Crippen molar-refractivity contribution in [3.05, 3.63) is 21.3 Å². The zero-order valence-corrected chi connectivity index (χ0v) is 14.8. The molecule has 0 bridgehead atoms. The van der Waals surface area contributed by atoms with E-state index in [1.807, 2.05) is 6.07 Å². The summed E-state index contributed by atoms with van der Waals surface area (Å²) in [5, 5.41) is 3.79. The standard InChI is InChI=1S/C17H28ClNS/c1-5-17(3,4)13-6-8-14(9-7-13)19-12(2)15-10-11-16(18)20-15/h10-14,19H,5-9H2,1-4H3. The molecule has 1 aromatic rings. The van der Waals surface area contributed by atoms with Crippen LogP contribution in [-0.4, -0.2) is 6.04 Å². The lowest BCUT2D eigenvalue weighted by Gasteiger charge is -2.39. The van der Waals surface area contributed by atoms with Gasteiger partial charge in [0.1, 0.15) is 0 Å². The van der Waals surface area contributed by atoms with E-state index < -0.39 is 0 Å². The Labute approximate surface area is 133 Å². The van der Waals surface area contributed by atoms with Crippen molar-refractivity contribution in [1.29, 1.82) is 0 Å². The van der Waals surface area contributed by atoms with Crippen LogP contribution in [0, 0.1) is 11.3 Å². The molecule has 1 unspecified atom stereocenters. The Hall–Kier alpha value is -0.0500. The van der Waals surface area contributed by atoms with Crippen LogP contribution in [0.2, 0.25) is 4.34 Å². The second kappa shape index (κ2) is 6.81. The summed E-state index contributed by atoms with van der Waals surface area (Å²) >= 11 is 7.72. The summed E-state index contributed by atoms with van der Waals surface area (Å²) in [6, 6.07) is 5.25. The number of nitrogens with one attached hydrogen (secondary N) is 1. The summed E-state index contributed by atoms with van der Waals surface area (Å²) < 4.78 is 0.891. The summed E-state index contributed by atoms with van der Waals surface area (Å²) in [5.41, 5.74) is 0.512. The molecule has 1 fully saturated rings. The number of hydrogen-bond donors (Lipinski definition) is 1. The number of rotatable bonds is 5. The quantitative estimate of drug-likeness (QED) is 0.698. The van der Waals surface area contributed by atoms with Crippen LogP contribution in [0.15, 0.2) is 12.1 Å². The molecule has 0 radical (unpaired) electrons. The first-order valence-corrected chi connectivity index (χ1v) is 9.13. The summed E-state index contributed by atoms with van der Waals surface area (Å²) in [7, 11) is 0. The van der Waals surface area contributed by atoms with Crippen LogP contribution < -0.4 is 5.32 Å². The summed E-state index contributed by atoms with van der Waals surface area (Å²) in [6.45, 7) is 9.45. The van der Waals surface area contributed by atoms with Gasteiger partial charge in [0, 0.05) is 17.0 Å². The van der Waals surface area contributed by atoms with E-state index in [0.717, 1.165) is 10.3 Å². The third-order valence-corrected chi connectivity index (χ3v) is 6.66. The fraction of sp³-hybridized carbons (Fsp3) is 0.765. The average molecular weight is 314 g/mol. The van der Waals surface area contributed by atoms with E-state index in [-0.39, 0.29) is 0 Å². The Balaban J connectivity index is 1.82. The van der Waals surface area contributed by atoms with Gasteiger partial charge in [0.15, 0.2) is 0 Å². The van der Waals surface area contributed by atoms with Gasteiger partial charge in [-0.1, -0.05) is 38.8 Å². The minimum absolute atomic E-state index is 0.424. The van der Waals surface area contributed by atoms with Crippen LogP contribution in [0.4, 0.5) is 0 Å². The normalized spacial score (nSPS) is 25.6.